The van der Waals surface area contributed by atoms with Crippen molar-refractivity contribution in [3.8, 4) is 5.75 Å². The standard InChI is InChI=1S/C17H28N2O2/c1-4-7-11-19(12-8-5-2)17(20)14-9-10-16(21-6-3)15(18)13-14/h9-10,13H,4-8,11-12,18H2,1-3H3. The molecule has 2 N–H and O–H groups in total. The van der Waals surface area contributed by atoms with Gasteiger partial charge in [0.05, 0.1) is 12.3 Å². The third-order valence-electron chi connectivity index (χ3n) is 3.41. The van der Waals surface area contributed by atoms with Gasteiger partial charge < -0.3 is 15.4 Å². The van der Waals surface area contributed by atoms with Crippen LogP contribution in [0.1, 0.15) is 56.8 Å². The highest BCUT2D eigenvalue weighted by atomic mass is 16.5. The zero-order valence-corrected chi connectivity index (χ0v) is 13.5. The maximum Gasteiger partial charge on any atom is 0.253 e. The molecule has 0 aromatic heterocycles. The van der Waals surface area contributed by atoms with Crippen molar-refractivity contribution in [1.82, 2.24) is 4.90 Å². The predicted octanol–water partition coefficient (Wildman–Crippen LogP) is 3.71. The van der Waals surface area contributed by atoms with Crippen LogP contribution in [0.25, 0.3) is 0 Å². The highest BCUT2D eigenvalue weighted by molar-refractivity contribution is 5.95. The van der Waals surface area contributed by atoms with E-state index >= 15 is 0 Å². The quantitative estimate of drug-likeness (QED) is 0.706. The molecule has 1 aromatic carbocycles. The first kappa shape index (κ1) is 17.3. The van der Waals surface area contributed by atoms with E-state index in [-0.39, 0.29) is 5.91 Å². The lowest BCUT2D eigenvalue weighted by Crippen LogP contribution is -2.33. The van der Waals surface area contributed by atoms with Crippen molar-refractivity contribution < 1.29 is 9.53 Å². The van der Waals surface area contributed by atoms with E-state index in [0.29, 0.717) is 23.6 Å². The summed E-state index contributed by atoms with van der Waals surface area (Å²) in [6.07, 6.45) is 4.23. The summed E-state index contributed by atoms with van der Waals surface area (Å²) in [5, 5.41) is 0. The average molecular weight is 292 g/mol. The van der Waals surface area contributed by atoms with E-state index in [4.69, 9.17) is 10.5 Å². The molecular weight excluding hydrogens is 264 g/mol. The molecule has 0 saturated carbocycles. The molecule has 0 spiro atoms. The van der Waals surface area contributed by atoms with E-state index < -0.39 is 0 Å². The predicted molar refractivity (Wildman–Crippen MR) is 87.7 cm³/mol. The fourth-order valence-corrected chi connectivity index (χ4v) is 2.16. The molecule has 0 atom stereocenters. The van der Waals surface area contributed by atoms with Gasteiger partial charge in [-0.3, -0.25) is 4.79 Å². The van der Waals surface area contributed by atoms with Gasteiger partial charge in [-0.05, 0) is 38.0 Å². The second-order valence-corrected chi connectivity index (χ2v) is 5.18. The monoisotopic (exact) mass is 292 g/mol. The molecule has 0 fully saturated rings. The van der Waals surface area contributed by atoms with Crippen LogP contribution in [0.3, 0.4) is 0 Å². The number of benzene rings is 1. The second kappa shape index (κ2) is 9.27. The molecule has 1 rings (SSSR count). The van der Waals surface area contributed by atoms with Crippen LogP contribution in [0, 0.1) is 0 Å². The first-order chi connectivity index (χ1) is 10.1. The summed E-state index contributed by atoms with van der Waals surface area (Å²) in [5.74, 6) is 0.703. The van der Waals surface area contributed by atoms with Crippen molar-refractivity contribution in [2.45, 2.75) is 46.5 Å². The molecular formula is C17H28N2O2. The van der Waals surface area contributed by atoms with Crippen molar-refractivity contribution in [3.63, 3.8) is 0 Å². The summed E-state index contributed by atoms with van der Waals surface area (Å²) in [4.78, 5) is 14.5. The number of amides is 1. The number of ether oxygens (including phenoxy) is 1. The van der Waals surface area contributed by atoms with Crippen molar-refractivity contribution in [1.29, 1.82) is 0 Å². The summed E-state index contributed by atoms with van der Waals surface area (Å²) < 4.78 is 5.41. The Morgan fingerprint density at radius 2 is 1.76 bits per heavy atom. The smallest absolute Gasteiger partial charge is 0.253 e. The normalized spacial score (nSPS) is 10.4. The van der Waals surface area contributed by atoms with E-state index in [1.165, 1.54) is 0 Å². The van der Waals surface area contributed by atoms with Gasteiger partial charge >= 0.3 is 0 Å². The topological polar surface area (TPSA) is 55.6 Å². The number of unbranched alkanes of at least 4 members (excludes halogenated alkanes) is 2. The van der Waals surface area contributed by atoms with Crippen LogP contribution in [0.5, 0.6) is 5.75 Å². The van der Waals surface area contributed by atoms with E-state index in [9.17, 15) is 4.79 Å². The maximum atomic E-state index is 12.6. The fourth-order valence-electron chi connectivity index (χ4n) is 2.16. The minimum atomic E-state index is 0.0617. The van der Waals surface area contributed by atoms with E-state index in [2.05, 4.69) is 13.8 Å². The Morgan fingerprint density at radius 1 is 1.14 bits per heavy atom. The number of hydrogen-bond donors (Lipinski definition) is 1. The van der Waals surface area contributed by atoms with Gasteiger partial charge in [-0.25, -0.2) is 0 Å². The van der Waals surface area contributed by atoms with Crippen LogP contribution < -0.4 is 10.5 Å². The van der Waals surface area contributed by atoms with Crippen LogP contribution >= 0.6 is 0 Å². The lowest BCUT2D eigenvalue weighted by molar-refractivity contribution is 0.0751. The van der Waals surface area contributed by atoms with Gasteiger partial charge in [0.2, 0.25) is 0 Å². The lowest BCUT2D eigenvalue weighted by atomic mass is 10.1. The third kappa shape index (κ3) is 5.29. The summed E-state index contributed by atoms with van der Waals surface area (Å²) >= 11 is 0. The molecule has 21 heavy (non-hydrogen) atoms. The number of anilines is 1. The molecule has 0 bridgehead atoms. The lowest BCUT2D eigenvalue weighted by Gasteiger charge is -2.23. The van der Waals surface area contributed by atoms with E-state index in [1.54, 1.807) is 18.2 Å². The Balaban J connectivity index is 2.84. The van der Waals surface area contributed by atoms with Gasteiger partial charge in [-0.15, -0.1) is 0 Å². The van der Waals surface area contributed by atoms with Gasteiger partial charge in [-0.2, -0.15) is 0 Å². The number of nitrogens with zero attached hydrogens (tertiary/aromatic N) is 1. The maximum absolute atomic E-state index is 12.6. The molecule has 118 valence electrons. The molecule has 0 aliphatic carbocycles. The van der Waals surface area contributed by atoms with E-state index in [0.717, 1.165) is 38.8 Å². The van der Waals surface area contributed by atoms with Crippen molar-refractivity contribution in [2.24, 2.45) is 0 Å². The highest BCUT2D eigenvalue weighted by Gasteiger charge is 2.16. The number of rotatable bonds is 9. The number of nitrogen functional groups attached to an aromatic ring is 1. The summed E-state index contributed by atoms with van der Waals surface area (Å²) in [7, 11) is 0. The number of carbonyl (C=O) groups is 1. The van der Waals surface area contributed by atoms with Gasteiger partial charge in [-0.1, -0.05) is 26.7 Å². The zero-order chi connectivity index (χ0) is 15.7. The highest BCUT2D eigenvalue weighted by Crippen LogP contribution is 2.23. The molecule has 1 amide bonds. The molecule has 0 radical (unpaired) electrons. The SMILES string of the molecule is CCCCN(CCCC)C(=O)c1ccc(OCC)c(N)c1. The van der Waals surface area contributed by atoms with Gasteiger partial charge in [0.15, 0.2) is 0 Å². The second-order valence-electron chi connectivity index (χ2n) is 5.18. The van der Waals surface area contributed by atoms with Crippen LogP contribution in [-0.2, 0) is 0 Å². The van der Waals surface area contributed by atoms with Gasteiger partial charge in [0.25, 0.3) is 5.91 Å². The zero-order valence-electron chi connectivity index (χ0n) is 13.5. The average Bonchev–Trinajstić information content (AvgIpc) is 2.49. The molecule has 0 heterocycles. The van der Waals surface area contributed by atoms with Crippen molar-refractivity contribution in [2.75, 3.05) is 25.4 Å². The number of nitrogens with two attached hydrogens (primary N) is 1. The summed E-state index contributed by atoms with van der Waals surface area (Å²) in [5.41, 5.74) is 7.11. The van der Waals surface area contributed by atoms with E-state index in [1.807, 2.05) is 11.8 Å². The molecule has 0 aliphatic rings. The van der Waals surface area contributed by atoms with Crippen LogP contribution in [0.15, 0.2) is 18.2 Å². The van der Waals surface area contributed by atoms with Crippen LogP contribution in [0.4, 0.5) is 5.69 Å². The Labute approximate surface area is 128 Å². The van der Waals surface area contributed by atoms with Crippen molar-refractivity contribution in [3.05, 3.63) is 23.8 Å². The molecule has 0 saturated heterocycles. The van der Waals surface area contributed by atoms with Crippen LogP contribution in [0.2, 0.25) is 0 Å². The molecule has 4 nitrogen and oxygen atoms in total. The van der Waals surface area contributed by atoms with Crippen LogP contribution in [-0.4, -0.2) is 30.5 Å². The third-order valence-corrected chi connectivity index (χ3v) is 3.41. The molecule has 0 unspecified atom stereocenters. The molecule has 1 aromatic rings. The summed E-state index contributed by atoms with van der Waals surface area (Å²) in [6, 6.07) is 5.30. The minimum Gasteiger partial charge on any atom is -0.492 e. The number of carbonyl (C=O) groups excluding carboxylic acids is 1. The van der Waals surface area contributed by atoms with Gasteiger partial charge in [0, 0.05) is 18.7 Å². The number of hydrogen-bond acceptors (Lipinski definition) is 3. The van der Waals surface area contributed by atoms with Gasteiger partial charge in [0.1, 0.15) is 5.75 Å². The Bertz CT molecular complexity index is 438. The fraction of sp³-hybridized carbons (Fsp3) is 0.588. The Kier molecular flexibility index (Phi) is 7.65. The minimum absolute atomic E-state index is 0.0617. The first-order valence-electron chi connectivity index (χ1n) is 7.95. The summed E-state index contributed by atoms with van der Waals surface area (Å²) in [6.45, 7) is 8.37. The Morgan fingerprint density at radius 3 is 2.24 bits per heavy atom. The Hall–Kier alpha value is -1.71. The first-order valence-corrected chi connectivity index (χ1v) is 7.95. The van der Waals surface area contributed by atoms with Crippen molar-refractivity contribution >= 4 is 11.6 Å². The molecule has 0 aliphatic heterocycles. The largest absolute Gasteiger partial charge is 0.492 e. The molecule has 4 heteroatoms.